The maximum Gasteiger partial charge on any atom is 0.147 e. The Hall–Kier alpha value is -1.94. The van der Waals surface area contributed by atoms with Gasteiger partial charge >= 0.3 is 0 Å². The fraction of sp³-hybridized carbons (Fsp3) is 0.250. The van der Waals surface area contributed by atoms with E-state index in [1.54, 1.807) is 17.7 Å². The van der Waals surface area contributed by atoms with Gasteiger partial charge in [0.15, 0.2) is 0 Å². The van der Waals surface area contributed by atoms with Crippen LogP contribution in [0.15, 0.2) is 36.0 Å². The number of hydrogen-bond donors (Lipinski definition) is 1. The van der Waals surface area contributed by atoms with Crippen LogP contribution in [0.3, 0.4) is 0 Å². The van der Waals surface area contributed by atoms with Crippen molar-refractivity contribution in [3.8, 4) is 0 Å². The van der Waals surface area contributed by atoms with E-state index in [1.807, 2.05) is 0 Å². The van der Waals surface area contributed by atoms with E-state index in [1.165, 1.54) is 16.7 Å². The van der Waals surface area contributed by atoms with E-state index in [4.69, 9.17) is 0 Å². The van der Waals surface area contributed by atoms with Gasteiger partial charge in [-0.3, -0.25) is 0 Å². The van der Waals surface area contributed by atoms with Crippen molar-refractivity contribution in [3.05, 3.63) is 52.7 Å². The van der Waals surface area contributed by atoms with Gasteiger partial charge in [-0.1, -0.05) is 31.2 Å². The Morgan fingerprint density at radius 1 is 1.10 bits per heavy atom. The molecule has 3 rings (SSSR count). The van der Waals surface area contributed by atoms with Crippen LogP contribution in [0.5, 0.6) is 0 Å². The topological polar surface area (TPSA) is 37.8 Å². The minimum Gasteiger partial charge on any atom is -0.365 e. The molecule has 0 saturated heterocycles. The number of benzene rings is 1. The van der Waals surface area contributed by atoms with E-state index in [-0.39, 0.29) is 0 Å². The van der Waals surface area contributed by atoms with Gasteiger partial charge in [0.2, 0.25) is 0 Å². The number of aromatic nitrogens is 2. The first-order chi connectivity index (χ1) is 9.78. The van der Waals surface area contributed by atoms with E-state index in [9.17, 15) is 0 Å². The molecule has 0 aliphatic carbocycles. The summed E-state index contributed by atoms with van der Waals surface area (Å²) in [6.45, 7) is 5.04. The van der Waals surface area contributed by atoms with E-state index in [2.05, 4.69) is 58.8 Å². The lowest BCUT2D eigenvalue weighted by Crippen LogP contribution is -2.02. The van der Waals surface area contributed by atoms with Gasteiger partial charge < -0.3 is 5.32 Å². The second kappa shape index (κ2) is 5.59. The zero-order valence-electron chi connectivity index (χ0n) is 11.7. The molecule has 3 aromatic rings. The molecule has 0 bridgehead atoms. The van der Waals surface area contributed by atoms with Crippen LogP contribution < -0.4 is 5.32 Å². The smallest absolute Gasteiger partial charge is 0.147 e. The van der Waals surface area contributed by atoms with Crippen LogP contribution in [-0.2, 0) is 13.0 Å². The number of nitrogens with one attached hydrogen (secondary N) is 1. The van der Waals surface area contributed by atoms with Crippen molar-refractivity contribution < 1.29 is 0 Å². The van der Waals surface area contributed by atoms with Crippen molar-refractivity contribution in [1.82, 2.24) is 9.97 Å². The molecule has 0 atom stereocenters. The predicted octanol–water partition coefficient (Wildman–Crippen LogP) is 4.17. The standard InChI is InChI=1S/C16H17N3S/c1-3-12-4-6-13(7-5-12)8-17-16-15-14(18-10-19-16)11(2)9-20-15/h4-7,9-10H,3,8H2,1-2H3,(H,17,18,19). The third-order valence-corrected chi connectivity index (χ3v) is 4.52. The second-order valence-corrected chi connectivity index (χ2v) is 5.72. The number of fused-ring (bicyclic) bond motifs is 1. The van der Waals surface area contributed by atoms with Crippen LogP contribution in [0.2, 0.25) is 0 Å². The lowest BCUT2D eigenvalue weighted by atomic mass is 10.1. The normalized spacial score (nSPS) is 10.9. The maximum absolute atomic E-state index is 4.36. The molecule has 0 radical (unpaired) electrons. The Labute approximate surface area is 122 Å². The van der Waals surface area contributed by atoms with Crippen LogP contribution in [0.4, 0.5) is 5.82 Å². The van der Waals surface area contributed by atoms with Crippen molar-refractivity contribution >= 4 is 27.4 Å². The molecular formula is C16H17N3S. The summed E-state index contributed by atoms with van der Waals surface area (Å²) in [5, 5.41) is 5.54. The summed E-state index contributed by atoms with van der Waals surface area (Å²) in [4.78, 5) is 8.70. The fourth-order valence-corrected chi connectivity index (χ4v) is 3.14. The fourth-order valence-electron chi connectivity index (χ4n) is 2.17. The van der Waals surface area contributed by atoms with Gasteiger partial charge in [-0.05, 0) is 35.4 Å². The largest absolute Gasteiger partial charge is 0.365 e. The van der Waals surface area contributed by atoms with Crippen LogP contribution in [-0.4, -0.2) is 9.97 Å². The van der Waals surface area contributed by atoms with E-state index < -0.39 is 0 Å². The Kier molecular flexibility index (Phi) is 3.65. The highest BCUT2D eigenvalue weighted by Gasteiger charge is 2.07. The minimum absolute atomic E-state index is 0.785. The third-order valence-electron chi connectivity index (χ3n) is 3.42. The summed E-state index contributed by atoms with van der Waals surface area (Å²) < 4.78 is 1.13. The summed E-state index contributed by atoms with van der Waals surface area (Å²) in [5.74, 6) is 0.924. The minimum atomic E-state index is 0.785. The quantitative estimate of drug-likeness (QED) is 0.780. The summed E-state index contributed by atoms with van der Waals surface area (Å²) in [6, 6.07) is 8.71. The van der Waals surface area contributed by atoms with Gasteiger partial charge in [0.25, 0.3) is 0 Å². The Morgan fingerprint density at radius 3 is 2.60 bits per heavy atom. The second-order valence-electron chi connectivity index (χ2n) is 4.84. The lowest BCUT2D eigenvalue weighted by molar-refractivity contribution is 1.09. The number of rotatable bonds is 4. The van der Waals surface area contributed by atoms with Gasteiger partial charge in [0.05, 0.1) is 10.2 Å². The van der Waals surface area contributed by atoms with E-state index in [0.29, 0.717) is 0 Å². The van der Waals surface area contributed by atoms with Gasteiger partial charge in [-0.2, -0.15) is 0 Å². The number of thiophene rings is 1. The van der Waals surface area contributed by atoms with Gasteiger partial charge in [-0.25, -0.2) is 9.97 Å². The van der Waals surface area contributed by atoms with Crippen LogP contribution in [0.1, 0.15) is 23.6 Å². The molecule has 0 spiro atoms. The highest BCUT2D eigenvalue weighted by molar-refractivity contribution is 7.18. The van der Waals surface area contributed by atoms with Gasteiger partial charge in [0, 0.05) is 6.54 Å². The first kappa shape index (κ1) is 13.1. The molecule has 1 aromatic carbocycles. The van der Waals surface area contributed by atoms with E-state index in [0.717, 1.165) is 29.0 Å². The molecule has 20 heavy (non-hydrogen) atoms. The van der Waals surface area contributed by atoms with Crippen molar-refractivity contribution in [1.29, 1.82) is 0 Å². The van der Waals surface area contributed by atoms with Crippen LogP contribution in [0.25, 0.3) is 10.2 Å². The molecule has 0 aliphatic heterocycles. The molecule has 0 saturated carbocycles. The lowest BCUT2D eigenvalue weighted by Gasteiger charge is -2.07. The molecule has 0 amide bonds. The highest BCUT2D eigenvalue weighted by Crippen LogP contribution is 2.28. The molecule has 0 aliphatic rings. The number of anilines is 1. The van der Waals surface area contributed by atoms with Gasteiger partial charge in [-0.15, -0.1) is 11.3 Å². The van der Waals surface area contributed by atoms with Crippen molar-refractivity contribution in [2.75, 3.05) is 5.32 Å². The van der Waals surface area contributed by atoms with Crippen LogP contribution in [0, 0.1) is 6.92 Å². The van der Waals surface area contributed by atoms with Crippen molar-refractivity contribution in [2.24, 2.45) is 0 Å². The Bertz CT molecular complexity index is 716. The Morgan fingerprint density at radius 2 is 1.85 bits per heavy atom. The first-order valence-corrected chi connectivity index (χ1v) is 7.66. The monoisotopic (exact) mass is 283 g/mol. The zero-order chi connectivity index (χ0) is 13.9. The maximum atomic E-state index is 4.36. The Balaban J connectivity index is 1.79. The van der Waals surface area contributed by atoms with Crippen LogP contribution >= 0.6 is 11.3 Å². The zero-order valence-corrected chi connectivity index (χ0v) is 12.5. The molecule has 2 heterocycles. The molecule has 0 fully saturated rings. The molecule has 4 heteroatoms. The van der Waals surface area contributed by atoms with Crippen molar-refractivity contribution in [3.63, 3.8) is 0 Å². The SMILES string of the molecule is CCc1ccc(CNc2ncnc3c(C)csc23)cc1. The van der Waals surface area contributed by atoms with Gasteiger partial charge in [0.1, 0.15) is 12.1 Å². The number of hydrogen-bond acceptors (Lipinski definition) is 4. The first-order valence-electron chi connectivity index (χ1n) is 6.78. The molecular weight excluding hydrogens is 266 g/mol. The van der Waals surface area contributed by atoms with E-state index >= 15 is 0 Å². The molecule has 3 nitrogen and oxygen atoms in total. The van der Waals surface area contributed by atoms with Crippen molar-refractivity contribution in [2.45, 2.75) is 26.8 Å². The molecule has 2 aromatic heterocycles. The summed E-state index contributed by atoms with van der Waals surface area (Å²) in [5.41, 5.74) is 4.89. The highest BCUT2D eigenvalue weighted by atomic mass is 32.1. The molecule has 0 unspecified atom stereocenters. The average molecular weight is 283 g/mol. The summed E-state index contributed by atoms with van der Waals surface area (Å²) >= 11 is 1.69. The number of aryl methyl sites for hydroxylation is 2. The third kappa shape index (κ3) is 2.51. The average Bonchev–Trinajstić information content (AvgIpc) is 2.88. The molecule has 102 valence electrons. The number of nitrogens with zero attached hydrogens (tertiary/aromatic N) is 2. The summed E-state index contributed by atoms with van der Waals surface area (Å²) in [7, 11) is 0. The summed E-state index contributed by atoms with van der Waals surface area (Å²) in [6.07, 6.45) is 2.71. The molecule has 1 N–H and O–H groups in total. The predicted molar refractivity (Wildman–Crippen MR) is 85.3 cm³/mol.